The van der Waals surface area contributed by atoms with E-state index in [0.717, 1.165) is 4.68 Å². The predicted molar refractivity (Wildman–Crippen MR) is 121 cm³/mol. The molecular weight excluding hydrogens is 442 g/mol. The van der Waals surface area contributed by atoms with E-state index < -0.39 is 17.6 Å². The zero-order valence-electron chi connectivity index (χ0n) is 18.4. The van der Waals surface area contributed by atoms with Gasteiger partial charge in [0.2, 0.25) is 11.6 Å². The van der Waals surface area contributed by atoms with Gasteiger partial charge in [0.25, 0.3) is 5.88 Å². The van der Waals surface area contributed by atoms with Crippen molar-refractivity contribution in [3.05, 3.63) is 77.0 Å². The van der Waals surface area contributed by atoms with Crippen LogP contribution in [0, 0.1) is 0 Å². The van der Waals surface area contributed by atoms with Crippen LogP contribution in [0.2, 0.25) is 0 Å². The Morgan fingerprint density at radius 1 is 1.09 bits per heavy atom. The smallest absolute Gasteiger partial charge is 0.351 e. The minimum atomic E-state index is -0.527. The number of esters is 1. The van der Waals surface area contributed by atoms with Crippen molar-refractivity contribution in [2.45, 2.75) is 13.5 Å². The maximum atomic E-state index is 12.7. The average Bonchev–Trinajstić information content (AvgIpc) is 3.16. The van der Waals surface area contributed by atoms with Gasteiger partial charge in [-0.05, 0) is 43.3 Å². The monoisotopic (exact) mass is 463 g/mol. The largest absolute Gasteiger partial charge is 0.497 e. The van der Waals surface area contributed by atoms with Gasteiger partial charge in [-0.25, -0.2) is 23.7 Å². The zero-order valence-corrected chi connectivity index (χ0v) is 18.4. The molecule has 4 rings (SSSR count). The summed E-state index contributed by atoms with van der Waals surface area (Å²) in [5.41, 5.74) is 0.452. The lowest BCUT2D eigenvalue weighted by atomic mass is 10.2. The summed E-state index contributed by atoms with van der Waals surface area (Å²) in [7, 11) is 1.54. The van der Waals surface area contributed by atoms with Crippen LogP contribution in [0.25, 0.3) is 5.65 Å². The summed E-state index contributed by atoms with van der Waals surface area (Å²) < 4.78 is 18.2. The van der Waals surface area contributed by atoms with E-state index in [4.69, 9.17) is 14.2 Å². The van der Waals surface area contributed by atoms with Gasteiger partial charge in [-0.2, -0.15) is 0 Å². The maximum Gasteiger partial charge on any atom is 0.351 e. The zero-order chi connectivity index (χ0) is 24.1. The number of aromatic nitrogens is 4. The number of nitrogens with one attached hydrogen (secondary N) is 1. The van der Waals surface area contributed by atoms with E-state index in [-0.39, 0.29) is 24.7 Å². The number of hydrogen-bond acceptors (Lipinski definition) is 8. The molecule has 0 bridgehead atoms. The third-order valence-electron chi connectivity index (χ3n) is 4.70. The van der Waals surface area contributed by atoms with Crippen LogP contribution in [-0.2, 0) is 16.1 Å². The summed E-state index contributed by atoms with van der Waals surface area (Å²) in [4.78, 5) is 41.1. The Hall–Kier alpha value is -4.67. The molecule has 0 atom stereocenters. The molecule has 2 aromatic carbocycles. The van der Waals surface area contributed by atoms with Gasteiger partial charge in [-0.1, -0.05) is 6.07 Å². The number of ether oxygens (including phenoxy) is 3. The van der Waals surface area contributed by atoms with Crippen LogP contribution in [0.15, 0.2) is 65.7 Å². The number of anilines is 1. The van der Waals surface area contributed by atoms with Crippen molar-refractivity contribution < 1.29 is 23.8 Å². The SMILES string of the molecule is CCOC(=O)c1ccc(NC(=O)Cn2nc3c(Oc4cccc(OC)c4)nccn3c2=O)cc1. The Morgan fingerprint density at radius 3 is 2.59 bits per heavy atom. The molecule has 0 aliphatic carbocycles. The molecule has 2 heterocycles. The second-order valence-corrected chi connectivity index (χ2v) is 6.99. The molecule has 1 N–H and O–H groups in total. The fourth-order valence-electron chi connectivity index (χ4n) is 3.12. The highest BCUT2D eigenvalue weighted by atomic mass is 16.5. The van der Waals surface area contributed by atoms with Crippen molar-refractivity contribution in [3.63, 3.8) is 0 Å². The van der Waals surface area contributed by atoms with E-state index in [1.807, 2.05) is 0 Å². The maximum absolute atomic E-state index is 12.7. The van der Waals surface area contributed by atoms with Crippen LogP contribution in [0.4, 0.5) is 5.69 Å². The average molecular weight is 463 g/mol. The number of hydrogen-bond donors (Lipinski definition) is 1. The van der Waals surface area contributed by atoms with Crippen molar-refractivity contribution >= 4 is 23.2 Å². The lowest BCUT2D eigenvalue weighted by Gasteiger charge is -2.06. The molecule has 11 nitrogen and oxygen atoms in total. The molecular formula is C23H21N5O6. The van der Waals surface area contributed by atoms with Crippen molar-refractivity contribution in [2.24, 2.45) is 0 Å². The lowest BCUT2D eigenvalue weighted by Crippen LogP contribution is -2.28. The van der Waals surface area contributed by atoms with Gasteiger partial charge >= 0.3 is 11.7 Å². The number of rotatable bonds is 8. The minimum Gasteiger partial charge on any atom is -0.497 e. The Morgan fingerprint density at radius 2 is 1.85 bits per heavy atom. The van der Waals surface area contributed by atoms with Gasteiger partial charge in [0.05, 0.1) is 19.3 Å². The molecule has 0 saturated carbocycles. The summed E-state index contributed by atoms with van der Waals surface area (Å²) in [6, 6.07) is 13.1. The first-order valence-electron chi connectivity index (χ1n) is 10.3. The summed E-state index contributed by atoms with van der Waals surface area (Å²) in [5.74, 6) is 0.224. The topological polar surface area (TPSA) is 126 Å². The van der Waals surface area contributed by atoms with E-state index in [1.54, 1.807) is 62.6 Å². The minimum absolute atomic E-state index is 0.0987. The van der Waals surface area contributed by atoms with Gasteiger partial charge in [0, 0.05) is 24.1 Å². The van der Waals surface area contributed by atoms with Crippen LogP contribution >= 0.6 is 0 Å². The molecule has 0 radical (unpaired) electrons. The highest BCUT2D eigenvalue weighted by Crippen LogP contribution is 2.25. The van der Waals surface area contributed by atoms with Crippen molar-refractivity contribution in [2.75, 3.05) is 19.0 Å². The van der Waals surface area contributed by atoms with Crippen LogP contribution < -0.4 is 20.5 Å². The Balaban J connectivity index is 1.50. The number of amides is 1. The lowest BCUT2D eigenvalue weighted by molar-refractivity contribution is -0.117. The van der Waals surface area contributed by atoms with E-state index in [0.29, 0.717) is 22.7 Å². The number of nitrogens with zero attached hydrogens (tertiary/aromatic N) is 4. The molecule has 34 heavy (non-hydrogen) atoms. The molecule has 2 aromatic heterocycles. The van der Waals surface area contributed by atoms with Gasteiger partial charge in [-0.15, -0.1) is 5.10 Å². The van der Waals surface area contributed by atoms with Crippen molar-refractivity contribution in [3.8, 4) is 17.4 Å². The van der Waals surface area contributed by atoms with Crippen molar-refractivity contribution in [1.29, 1.82) is 0 Å². The van der Waals surface area contributed by atoms with E-state index >= 15 is 0 Å². The van der Waals surface area contributed by atoms with Gasteiger partial charge in [0.15, 0.2) is 0 Å². The third-order valence-corrected chi connectivity index (χ3v) is 4.70. The molecule has 0 unspecified atom stereocenters. The molecule has 0 spiro atoms. The summed E-state index contributed by atoms with van der Waals surface area (Å²) >= 11 is 0. The second kappa shape index (κ2) is 9.86. The number of benzene rings is 2. The molecule has 0 fully saturated rings. The van der Waals surface area contributed by atoms with E-state index in [2.05, 4.69) is 15.4 Å². The molecule has 0 saturated heterocycles. The van der Waals surface area contributed by atoms with E-state index in [9.17, 15) is 14.4 Å². The first kappa shape index (κ1) is 22.5. The fraction of sp³-hybridized carbons (Fsp3) is 0.174. The summed E-state index contributed by atoms with van der Waals surface area (Å²) in [5, 5.41) is 6.88. The molecule has 11 heteroatoms. The van der Waals surface area contributed by atoms with Crippen LogP contribution in [0.1, 0.15) is 17.3 Å². The van der Waals surface area contributed by atoms with Gasteiger partial charge in [-0.3, -0.25) is 4.79 Å². The van der Waals surface area contributed by atoms with Gasteiger partial charge in [0.1, 0.15) is 18.0 Å². The molecule has 4 aromatic rings. The molecule has 0 aliphatic rings. The quantitative estimate of drug-likeness (QED) is 0.395. The second-order valence-electron chi connectivity index (χ2n) is 6.99. The molecule has 1 amide bonds. The molecule has 0 aliphatic heterocycles. The van der Waals surface area contributed by atoms with Crippen LogP contribution in [-0.4, -0.2) is 44.8 Å². The summed E-state index contributed by atoms with van der Waals surface area (Å²) in [6.45, 7) is 1.66. The first-order chi connectivity index (χ1) is 16.5. The van der Waals surface area contributed by atoms with E-state index in [1.165, 1.54) is 16.8 Å². The molecule has 174 valence electrons. The number of fused-ring (bicyclic) bond motifs is 1. The van der Waals surface area contributed by atoms with Crippen LogP contribution in [0.3, 0.4) is 0 Å². The number of carbonyl (C=O) groups excluding carboxylic acids is 2. The Bertz CT molecular complexity index is 1390. The number of methoxy groups -OCH3 is 1. The van der Waals surface area contributed by atoms with Gasteiger partial charge < -0.3 is 19.5 Å². The highest BCUT2D eigenvalue weighted by Gasteiger charge is 2.16. The van der Waals surface area contributed by atoms with Crippen molar-refractivity contribution in [1.82, 2.24) is 19.2 Å². The number of carbonyl (C=O) groups is 2. The normalized spacial score (nSPS) is 10.6. The third kappa shape index (κ3) is 4.88. The van der Waals surface area contributed by atoms with Crippen LogP contribution in [0.5, 0.6) is 17.4 Å². The highest BCUT2D eigenvalue weighted by molar-refractivity contribution is 5.93. The summed E-state index contributed by atoms with van der Waals surface area (Å²) in [6.07, 6.45) is 2.84. The standard InChI is InChI=1S/C23H21N5O6/c1-3-33-22(30)15-7-9-16(10-8-15)25-19(29)14-28-23(31)27-12-11-24-21(20(27)26-28)34-18-6-4-5-17(13-18)32-2/h4-13H,3,14H2,1-2H3,(H,25,29). The first-order valence-corrected chi connectivity index (χ1v) is 10.3. The fourth-order valence-corrected chi connectivity index (χ4v) is 3.12. The Labute approximate surface area is 193 Å². The predicted octanol–water partition coefficient (Wildman–Crippen LogP) is 2.51. The Kier molecular flexibility index (Phi) is 6.53.